The van der Waals surface area contributed by atoms with Gasteiger partial charge in [0, 0.05) is 11.0 Å². The van der Waals surface area contributed by atoms with Gasteiger partial charge in [-0.3, -0.25) is 4.79 Å². The zero-order valence-corrected chi connectivity index (χ0v) is 12.3. The lowest BCUT2D eigenvalue weighted by atomic mass is 9.87. The maximum atomic E-state index is 11.9. The molecule has 4 nitrogen and oxygen atoms in total. The van der Waals surface area contributed by atoms with E-state index in [0.717, 1.165) is 10.9 Å². The van der Waals surface area contributed by atoms with Crippen molar-refractivity contribution in [1.29, 1.82) is 5.26 Å². The van der Waals surface area contributed by atoms with Gasteiger partial charge in [0.1, 0.15) is 0 Å². The number of rotatable bonds is 4. The summed E-state index contributed by atoms with van der Waals surface area (Å²) in [5.74, 6) is -0.228. The second kappa shape index (κ2) is 5.72. The summed E-state index contributed by atoms with van der Waals surface area (Å²) < 4.78 is 5.99. The third-order valence-corrected chi connectivity index (χ3v) is 3.83. The molecule has 0 atom stereocenters. The monoisotopic (exact) mass is 322 g/mol. The molecule has 1 aromatic carbocycles. The molecule has 1 aliphatic rings. The van der Waals surface area contributed by atoms with Crippen molar-refractivity contribution in [1.82, 2.24) is 5.32 Å². The Morgan fingerprint density at radius 3 is 2.89 bits per heavy atom. The minimum atomic E-state index is -0.966. The van der Waals surface area contributed by atoms with Crippen LogP contribution < -0.4 is 5.32 Å². The molecule has 100 valence electrons. The third-order valence-electron chi connectivity index (χ3n) is 3.34. The van der Waals surface area contributed by atoms with Crippen molar-refractivity contribution in [3.05, 3.63) is 33.8 Å². The molecule has 0 radical (unpaired) electrons. The highest BCUT2D eigenvalue weighted by Gasteiger charge is 2.46. The van der Waals surface area contributed by atoms with Crippen molar-refractivity contribution in [3.63, 3.8) is 0 Å². The predicted octanol–water partition coefficient (Wildman–Crippen LogP) is 1.96. The van der Waals surface area contributed by atoms with Gasteiger partial charge in [-0.2, -0.15) is 5.26 Å². The van der Waals surface area contributed by atoms with E-state index in [1.165, 1.54) is 11.1 Å². The molecule has 1 fully saturated rings. The fraction of sp³-hybridized carbons (Fsp3) is 0.429. The molecule has 0 aromatic heterocycles. The highest BCUT2D eigenvalue weighted by Crippen LogP contribution is 2.26. The summed E-state index contributed by atoms with van der Waals surface area (Å²) in [6, 6.07) is 8.12. The van der Waals surface area contributed by atoms with Crippen LogP contribution in [0, 0.1) is 23.7 Å². The van der Waals surface area contributed by atoms with Crippen LogP contribution in [0.25, 0.3) is 0 Å². The molecule has 0 unspecified atom stereocenters. The molecule has 1 aromatic rings. The van der Waals surface area contributed by atoms with Crippen molar-refractivity contribution in [2.75, 3.05) is 19.8 Å². The van der Waals surface area contributed by atoms with Crippen LogP contribution in [0.15, 0.2) is 22.7 Å². The van der Waals surface area contributed by atoms with Crippen molar-refractivity contribution < 1.29 is 9.53 Å². The van der Waals surface area contributed by atoms with Gasteiger partial charge in [0.15, 0.2) is 5.41 Å². The summed E-state index contributed by atoms with van der Waals surface area (Å²) in [5.41, 5.74) is 1.41. The minimum absolute atomic E-state index is 0.200. The summed E-state index contributed by atoms with van der Waals surface area (Å²) in [7, 11) is 0. The molecule has 19 heavy (non-hydrogen) atoms. The first-order chi connectivity index (χ1) is 9.07. The molecule has 0 spiro atoms. The van der Waals surface area contributed by atoms with Crippen LogP contribution in [0.2, 0.25) is 0 Å². The number of hydrogen-bond donors (Lipinski definition) is 1. The zero-order chi connectivity index (χ0) is 13.9. The first-order valence-corrected chi connectivity index (χ1v) is 6.89. The van der Waals surface area contributed by atoms with E-state index in [9.17, 15) is 4.79 Å². The average molecular weight is 323 g/mol. The normalized spacial score (nSPS) is 16.3. The molecular weight excluding hydrogens is 308 g/mol. The van der Waals surface area contributed by atoms with Crippen LogP contribution in [-0.2, 0) is 16.0 Å². The fourth-order valence-corrected chi connectivity index (χ4v) is 2.35. The first-order valence-electron chi connectivity index (χ1n) is 6.10. The largest absolute Gasteiger partial charge is 0.377 e. The number of halogens is 1. The molecule has 1 N–H and O–H groups in total. The first kappa shape index (κ1) is 14.0. The quantitative estimate of drug-likeness (QED) is 0.921. The number of benzene rings is 1. The highest BCUT2D eigenvalue weighted by molar-refractivity contribution is 9.10. The molecular formula is C14H15BrN2O2. The lowest BCUT2D eigenvalue weighted by Crippen LogP contribution is -2.53. The number of amides is 1. The molecule has 1 amide bonds. The van der Waals surface area contributed by atoms with Gasteiger partial charge in [-0.05, 0) is 36.6 Å². The topological polar surface area (TPSA) is 62.1 Å². The summed E-state index contributed by atoms with van der Waals surface area (Å²) in [5, 5.41) is 11.8. The van der Waals surface area contributed by atoms with Crippen molar-refractivity contribution >= 4 is 21.8 Å². The second-order valence-corrected chi connectivity index (χ2v) is 5.68. The fourth-order valence-electron chi connectivity index (χ4n) is 1.94. The number of aryl methyl sites for hydroxylation is 1. The number of hydrogen-bond acceptors (Lipinski definition) is 3. The van der Waals surface area contributed by atoms with E-state index >= 15 is 0 Å². The van der Waals surface area contributed by atoms with E-state index in [0.29, 0.717) is 6.54 Å². The Balaban J connectivity index is 1.89. The van der Waals surface area contributed by atoms with E-state index < -0.39 is 5.41 Å². The number of nitriles is 1. The Labute approximate surface area is 120 Å². The van der Waals surface area contributed by atoms with E-state index in [1.54, 1.807) is 0 Å². The van der Waals surface area contributed by atoms with Crippen LogP contribution in [0.1, 0.15) is 11.1 Å². The van der Waals surface area contributed by atoms with Crippen molar-refractivity contribution in [2.45, 2.75) is 13.3 Å². The van der Waals surface area contributed by atoms with Crippen molar-refractivity contribution in [2.24, 2.45) is 5.41 Å². The second-order valence-electron chi connectivity index (χ2n) is 4.76. The van der Waals surface area contributed by atoms with Gasteiger partial charge >= 0.3 is 0 Å². The van der Waals surface area contributed by atoms with Gasteiger partial charge in [-0.25, -0.2) is 0 Å². The lowest BCUT2D eigenvalue weighted by molar-refractivity contribution is -0.149. The molecule has 2 rings (SSSR count). The van der Waals surface area contributed by atoms with Gasteiger partial charge in [0.2, 0.25) is 5.91 Å². The highest BCUT2D eigenvalue weighted by atomic mass is 79.9. The van der Waals surface area contributed by atoms with Crippen LogP contribution in [0.3, 0.4) is 0 Å². The number of ether oxygens (including phenoxy) is 1. The Kier molecular flexibility index (Phi) is 4.23. The Morgan fingerprint density at radius 1 is 1.58 bits per heavy atom. The number of carbonyl (C=O) groups is 1. The van der Waals surface area contributed by atoms with E-state index in [4.69, 9.17) is 10.00 Å². The third kappa shape index (κ3) is 2.96. The standard InChI is InChI=1S/C14H15BrN2O2/c1-10-2-3-12(15)6-11(10)4-5-17-13(18)14(7-16)8-19-9-14/h2-3,6H,4-5,8-9H2,1H3,(H,17,18). The van der Waals surface area contributed by atoms with Gasteiger partial charge in [0.05, 0.1) is 19.3 Å². The van der Waals surface area contributed by atoms with E-state index in [2.05, 4.69) is 21.2 Å². The number of nitrogens with one attached hydrogen (secondary N) is 1. The summed E-state index contributed by atoms with van der Waals surface area (Å²) in [6.45, 7) is 2.97. The predicted molar refractivity (Wildman–Crippen MR) is 74.5 cm³/mol. The molecule has 0 bridgehead atoms. The van der Waals surface area contributed by atoms with Gasteiger partial charge in [-0.15, -0.1) is 0 Å². The van der Waals surface area contributed by atoms with Crippen LogP contribution in [0.4, 0.5) is 0 Å². The van der Waals surface area contributed by atoms with E-state index in [1.807, 2.05) is 31.2 Å². The lowest BCUT2D eigenvalue weighted by Gasteiger charge is -2.33. The van der Waals surface area contributed by atoms with Gasteiger partial charge in [0.25, 0.3) is 0 Å². The Hall–Kier alpha value is -1.38. The Bertz CT molecular complexity index is 533. The zero-order valence-electron chi connectivity index (χ0n) is 10.7. The minimum Gasteiger partial charge on any atom is -0.377 e. The molecule has 0 aliphatic carbocycles. The van der Waals surface area contributed by atoms with E-state index in [-0.39, 0.29) is 19.1 Å². The number of carbonyl (C=O) groups excluding carboxylic acids is 1. The molecule has 1 saturated heterocycles. The van der Waals surface area contributed by atoms with Crippen LogP contribution >= 0.6 is 15.9 Å². The Morgan fingerprint density at radius 2 is 2.32 bits per heavy atom. The number of nitrogens with zero attached hydrogens (tertiary/aromatic N) is 1. The van der Waals surface area contributed by atoms with Crippen LogP contribution in [-0.4, -0.2) is 25.7 Å². The summed E-state index contributed by atoms with van der Waals surface area (Å²) in [4.78, 5) is 11.9. The van der Waals surface area contributed by atoms with Crippen molar-refractivity contribution in [3.8, 4) is 6.07 Å². The molecule has 1 aliphatic heterocycles. The van der Waals surface area contributed by atoms with Crippen LogP contribution in [0.5, 0.6) is 0 Å². The summed E-state index contributed by atoms with van der Waals surface area (Å²) >= 11 is 3.43. The van der Waals surface area contributed by atoms with Gasteiger partial charge in [-0.1, -0.05) is 22.0 Å². The molecule has 1 heterocycles. The SMILES string of the molecule is Cc1ccc(Br)cc1CCNC(=O)C1(C#N)COC1. The maximum Gasteiger partial charge on any atom is 0.245 e. The molecule has 5 heteroatoms. The maximum absolute atomic E-state index is 11.9. The molecule has 0 saturated carbocycles. The average Bonchev–Trinajstić information content (AvgIpc) is 2.33. The van der Waals surface area contributed by atoms with Gasteiger partial charge < -0.3 is 10.1 Å². The summed E-state index contributed by atoms with van der Waals surface area (Å²) in [6.07, 6.45) is 0.749. The smallest absolute Gasteiger partial charge is 0.245 e.